The maximum Gasteiger partial charge on any atom is 0.193 e. The summed E-state index contributed by atoms with van der Waals surface area (Å²) in [5.74, 6) is -0.481. The molecule has 2 rings (SSSR count). The molecule has 0 aliphatic rings. The maximum absolute atomic E-state index is 13.0. The van der Waals surface area contributed by atoms with Gasteiger partial charge in [0.1, 0.15) is 5.82 Å². The van der Waals surface area contributed by atoms with Crippen molar-refractivity contribution in [2.45, 2.75) is 0 Å². The summed E-state index contributed by atoms with van der Waals surface area (Å²) in [6.45, 7) is 0. The van der Waals surface area contributed by atoms with Crippen molar-refractivity contribution < 1.29 is 9.18 Å². The van der Waals surface area contributed by atoms with Crippen molar-refractivity contribution >= 4 is 49.0 Å². The van der Waals surface area contributed by atoms with Gasteiger partial charge in [-0.25, -0.2) is 4.39 Å². The Bertz CT molecular complexity index is 551. The molecule has 1 heterocycles. The predicted octanol–water partition coefficient (Wildman–Crippen LogP) is 4.64. The fraction of sp³-hybridized carbons (Fsp3) is 0. The monoisotopic (exact) mass is 362 g/mol. The lowest BCUT2D eigenvalue weighted by Gasteiger charge is -2.00. The Morgan fingerprint density at radius 1 is 1.19 bits per heavy atom. The second kappa shape index (κ2) is 4.77. The molecule has 0 aliphatic carbocycles. The Labute approximate surface area is 113 Å². The van der Waals surface area contributed by atoms with Crippen LogP contribution in [0.3, 0.4) is 0 Å². The number of thiophene rings is 1. The molecule has 0 aliphatic heterocycles. The molecule has 0 unspecified atom stereocenters. The first kappa shape index (κ1) is 12.0. The lowest BCUT2D eigenvalue weighted by Crippen LogP contribution is -1.99. The van der Waals surface area contributed by atoms with Gasteiger partial charge in [0, 0.05) is 16.5 Å². The highest BCUT2D eigenvalue weighted by Gasteiger charge is 2.12. The molecule has 16 heavy (non-hydrogen) atoms. The molecule has 0 saturated carbocycles. The van der Waals surface area contributed by atoms with Crippen molar-refractivity contribution in [3.8, 4) is 0 Å². The van der Waals surface area contributed by atoms with Crippen molar-refractivity contribution in [1.82, 2.24) is 0 Å². The fourth-order valence-corrected chi connectivity index (χ4v) is 2.75. The SMILES string of the molecule is O=C(c1csc(Br)c1)c1ccc(F)c(Br)c1. The van der Waals surface area contributed by atoms with Crippen LogP contribution in [-0.4, -0.2) is 5.78 Å². The molecule has 0 bridgehead atoms. The molecule has 1 aromatic heterocycles. The molecular weight excluding hydrogens is 359 g/mol. The predicted molar refractivity (Wildman–Crippen MR) is 69.6 cm³/mol. The summed E-state index contributed by atoms with van der Waals surface area (Å²) < 4.78 is 14.2. The van der Waals surface area contributed by atoms with Gasteiger partial charge in [-0.1, -0.05) is 0 Å². The minimum Gasteiger partial charge on any atom is -0.289 e. The van der Waals surface area contributed by atoms with Gasteiger partial charge in [-0.05, 0) is 56.1 Å². The van der Waals surface area contributed by atoms with Crippen LogP contribution in [0.1, 0.15) is 15.9 Å². The van der Waals surface area contributed by atoms with E-state index in [0.29, 0.717) is 15.6 Å². The summed E-state index contributed by atoms with van der Waals surface area (Å²) in [5.41, 5.74) is 1.08. The Morgan fingerprint density at radius 2 is 1.94 bits per heavy atom. The number of rotatable bonds is 2. The third kappa shape index (κ3) is 2.42. The van der Waals surface area contributed by atoms with E-state index in [1.807, 2.05) is 0 Å². The van der Waals surface area contributed by atoms with Gasteiger partial charge in [-0.3, -0.25) is 4.79 Å². The minimum absolute atomic E-state index is 0.109. The molecule has 0 N–H and O–H groups in total. The molecule has 5 heteroatoms. The van der Waals surface area contributed by atoms with Crippen LogP contribution in [-0.2, 0) is 0 Å². The highest BCUT2D eigenvalue weighted by Crippen LogP contribution is 2.24. The second-order valence-electron chi connectivity index (χ2n) is 3.10. The van der Waals surface area contributed by atoms with Gasteiger partial charge >= 0.3 is 0 Å². The highest BCUT2D eigenvalue weighted by molar-refractivity contribution is 9.11. The number of hydrogen-bond acceptors (Lipinski definition) is 2. The fourth-order valence-electron chi connectivity index (χ4n) is 1.23. The van der Waals surface area contributed by atoms with Gasteiger partial charge in [0.05, 0.1) is 8.26 Å². The number of hydrogen-bond donors (Lipinski definition) is 0. The molecule has 0 saturated heterocycles. The number of carbonyl (C=O) groups excluding carboxylic acids is 1. The Kier molecular flexibility index (Phi) is 3.56. The summed E-state index contributed by atoms with van der Waals surface area (Å²) in [6, 6.07) is 6.00. The number of benzene rings is 1. The van der Waals surface area contributed by atoms with Gasteiger partial charge < -0.3 is 0 Å². The first-order chi connectivity index (χ1) is 7.58. The van der Waals surface area contributed by atoms with E-state index in [1.165, 1.54) is 29.5 Å². The molecule has 0 radical (unpaired) electrons. The summed E-state index contributed by atoms with van der Waals surface area (Å²) in [6.07, 6.45) is 0. The van der Waals surface area contributed by atoms with Crippen LogP contribution in [0.25, 0.3) is 0 Å². The van der Waals surface area contributed by atoms with E-state index in [9.17, 15) is 9.18 Å². The third-order valence-corrected chi connectivity index (χ3v) is 4.12. The van der Waals surface area contributed by atoms with E-state index in [-0.39, 0.29) is 11.6 Å². The summed E-state index contributed by atoms with van der Waals surface area (Å²) in [7, 11) is 0. The minimum atomic E-state index is -0.372. The molecule has 82 valence electrons. The smallest absolute Gasteiger partial charge is 0.193 e. The van der Waals surface area contributed by atoms with Crippen molar-refractivity contribution in [1.29, 1.82) is 0 Å². The molecule has 1 nitrogen and oxygen atoms in total. The lowest BCUT2D eigenvalue weighted by molar-refractivity contribution is 0.103. The van der Waals surface area contributed by atoms with E-state index in [2.05, 4.69) is 31.9 Å². The van der Waals surface area contributed by atoms with Crippen molar-refractivity contribution in [3.05, 3.63) is 54.8 Å². The summed E-state index contributed by atoms with van der Waals surface area (Å²) in [5, 5.41) is 1.77. The highest BCUT2D eigenvalue weighted by atomic mass is 79.9. The zero-order valence-corrected chi connectivity index (χ0v) is 11.8. The first-order valence-electron chi connectivity index (χ1n) is 4.31. The largest absolute Gasteiger partial charge is 0.289 e. The van der Waals surface area contributed by atoms with Crippen LogP contribution >= 0.6 is 43.2 Å². The standard InChI is InChI=1S/C11H5Br2FOS/c12-8-3-6(1-2-9(8)14)11(15)7-4-10(13)16-5-7/h1-5H. The number of carbonyl (C=O) groups is 1. The average molecular weight is 364 g/mol. The molecule has 0 atom stereocenters. The van der Waals surface area contributed by atoms with E-state index in [4.69, 9.17) is 0 Å². The van der Waals surface area contributed by atoms with Crippen LogP contribution in [0.5, 0.6) is 0 Å². The normalized spacial score (nSPS) is 10.4. The van der Waals surface area contributed by atoms with Crippen LogP contribution in [0, 0.1) is 5.82 Å². The maximum atomic E-state index is 13.0. The van der Waals surface area contributed by atoms with Gasteiger partial charge in [-0.15, -0.1) is 11.3 Å². The van der Waals surface area contributed by atoms with Gasteiger partial charge in [0.2, 0.25) is 0 Å². The lowest BCUT2D eigenvalue weighted by atomic mass is 10.1. The van der Waals surface area contributed by atoms with E-state index < -0.39 is 0 Å². The van der Waals surface area contributed by atoms with Crippen LogP contribution in [0.4, 0.5) is 4.39 Å². The molecule has 2 aromatic rings. The molecule has 0 spiro atoms. The van der Waals surface area contributed by atoms with Crippen LogP contribution in [0.2, 0.25) is 0 Å². The van der Waals surface area contributed by atoms with Crippen LogP contribution in [0.15, 0.2) is 37.9 Å². The molecule has 1 aromatic carbocycles. The van der Waals surface area contributed by atoms with Crippen molar-refractivity contribution in [2.75, 3.05) is 0 Å². The van der Waals surface area contributed by atoms with Gasteiger partial charge in [0.15, 0.2) is 5.78 Å². The number of ketones is 1. The average Bonchev–Trinajstić information content (AvgIpc) is 2.68. The van der Waals surface area contributed by atoms with Crippen molar-refractivity contribution in [3.63, 3.8) is 0 Å². The molecule has 0 fully saturated rings. The molecular formula is C11H5Br2FOS. The second-order valence-corrected chi connectivity index (χ2v) is 6.24. The first-order valence-corrected chi connectivity index (χ1v) is 6.78. The Hall–Kier alpha value is -0.520. The van der Waals surface area contributed by atoms with E-state index in [1.54, 1.807) is 11.4 Å². The molecule has 0 amide bonds. The zero-order valence-electron chi connectivity index (χ0n) is 7.84. The Balaban J connectivity index is 2.38. The quantitative estimate of drug-likeness (QED) is 0.710. The summed E-state index contributed by atoms with van der Waals surface area (Å²) in [4.78, 5) is 12.0. The summed E-state index contributed by atoms with van der Waals surface area (Å²) >= 11 is 7.80. The van der Waals surface area contributed by atoms with Gasteiger partial charge in [0.25, 0.3) is 0 Å². The van der Waals surface area contributed by atoms with Gasteiger partial charge in [-0.2, -0.15) is 0 Å². The van der Waals surface area contributed by atoms with E-state index in [0.717, 1.165) is 3.79 Å². The van der Waals surface area contributed by atoms with E-state index >= 15 is 0 Å². The Morgan fingerprint density at radius 3 is 2.50 bits per heavy atom. The van der Waals surface area contributed by atoms with Crippen molar-refractivity contribution in [2.24, 2.45) is 0 Å². The third-order valence-electron chi connectivity index (χ3n) is 2.01. The topological polar surface area (TPSA) is 17.1 Å². The zero-order chi connectivity index (χ0) is 11.7. The van der Waals surface area contributed by atoms with Crippen LogP contribution < -0.4 is 0 Å². The number of halogens is 3.